The molecule has 2 heterocycles. The van der Waals surface area contributed by atoms with Gasteiger partial charge in [-0.25, -0.2) is 4.79 Å². The molecule has 2 aliphatic rings. The lowest BCUT2D eigenvalue weighted by Gasteiger charge is -2.34. The second-order valence-electron chi connectivity index (χ2n) is 5.83. The molecule has 5 nitrogen and oxygen atoms in total. The van der Waals surface area contributed by atoms with E-state index in [2.05, 4.69) is 23.2 Å². The highest BCUT2D eigenvalue weighted by atomic mass is 16.2. The van der Waals surface area contributed by atoms with Crippen LogP contribution in [0.4, 0.5) is 4.79 Å². The second-order valence-corrected chi connectivity index (χ2v) is 5.83. The Balaban J connectivity index is 1.70. The summed E-state index contributed by atoms with van der Waals surface area (Å²) < 4.78 is 0. The first-order valence-corrected chi connectivity index (χ1v) is 7.34. The number of piperidine rings is 2. The fourth-order valence-electron chi connectivity index (χ4n) is 2.81. The lowest BCUT2D eigenvalue weighted by Crippen LogP contribution is -2.50. The van der Waals surface area contributed by atoms with Crippen molar-refractivity contribution in [3.63, 3.8) is 0 Å². The van der Waals surface area contributed by atoms with Crippen molar-refractivity contribution in [3.8, 4) is 6.07 Å². The summed E-state index contributed by atoms with van der Waals surface area (Å²) in [6.07, 6.45) is 4.15. The van der Waals surface area contributed by atoms with Crippen LogP contribution in [-0.4, -0.2) is 54.6 Å². The molecule has 0 aliphatic carbocycles. The van der Waals surface area contributed by atoms with Crippen LogP contribution in [0.3, 0.4) is 0 Å². The molecule has 0 saturated carbocycles. The summed E-state index contributed by atoms with van der Waals surface area (Å²) >= 11 is 0. The van der Waals surface area contributed by atoms with E-state index in [0.29, 0.717) is 6.54 Å². The van der Waals surface area contributed by atoms with E-state index in [9.17, 15) is 4.79 Å². The normalized spacial score (nSPS) is 23.1. The fraction of sp³-hybridized carbons (Fsp3) is 0.857. The number of hydrogen-bond donors (Lipinski definition) is 1. The maximum absolute atomic E-state index is 12.1. The zero-order valence-corrected chi connectivity index (χ0v) is 11.8. The van der Waals surface area contributed by atoms with Crippen molar-refractivity contribution >= 4 is 6.03 Å². The Morgan fingerprint density at radius 3 is 2.42 bits per heavy atom. The topological polar surface area (TPSA) is 59.4 Å². The van der Waals surface area contributed by atoms with Gasteiger partial charge in [0, 0.05) is 32.2 Å². The van der Waals surface area contributed by atoms with E-state index in [-0.39, 0.29) is 12.1 Å². The number of carbonyl (C=O) groups excluding carboxylic acids is 1. The third-order valence-electron chi connectivity index (χ3n) is 4.28. The first-order chi connectivity index (χ1) is 9.19. The molecule has 0 aromatic carbocycles. The van der Waals surface area contributed by atoms with E-state index in [1.807, 2.05) is 4.90 Å². The first kappa shape index (κ1) is 14.1. The van der Waals surface area contributed by atoms with Crippen molar-refractivity contribution in [1.82, 2.24) is 15.1 Å². The van der Waals surface area contributed by atoms with E-state index in [1.54, 1.807) is 0 Å². The molecule has 19 heavy (non-hydrogen) atoms. The number of rotatable bonds is 2. The summed E-state index contributed by atoms with van der Waals surface area (Å²) in [5.74, 6) is 0.748. The molecule has 0 spiro atoms. The van der Waals surface area contributed by atoms with Crippen LogP contribution in [0.25, 0.3) is 0 Å². The van der Waals surface area contributed by atoms with Crippen LogP contribution in [0.15, 0.2) is 0 Å². The fourth-order valence-corrected chi connectivity index (χ4v) is 2.81. The third kappa shape index (κ3) is 4.10. The molecule has 0 aromatic heterocycles. The van der Waals surface area contributed by atoms with Gasteiger partial charge in [0.25, 0.3) is 0 Å². The highest BCUT2D eigenvalue weighted by Crippen LogP contribution is 2.16. The number of carbonyl (C=O) groups is 1. The van der Waals surface area contributed by atoms with Gasteiger partial charge in [-0.15, -0.1) is 0 Å². The average molecular weight is 264 g/mol. The summed E-state index contributed by atoms with van der Waals surface area (Å²) in [6, 6.07) is 2.56. The van der Waals surface area contributed by atoms with Gasteiger partial charge >= 0.3 is 6.03 Å². The minimum Gasteiger partial charge on any atom is -0.335 e. The molecule has 2 saturated heterocycles. The van der Waals surface area contributed by atoms with E-state index in [0.717, 1.165) is 57.8 Å². The average Bonchev–Trinajstić information content (AvgIpc) is 2.42. The monoisotopic (exact) mass is 264 g/mol. The van der Waals surface area contributed by atoms with Gasteiger partial charge in [0.2, 0.25) is 0 Å². The first-order valence-electron chi connectivity index (χ1n) is 7.34. The molecule has 0 bridgehead atoms. The lowest BCUT2D eigenvalue weighted by atomic mass is 9.99. The van der Waals surface area contributed by atoms with Gasteiger partial charge in [0.1, 0.15) is 0 Å². The summed E-state index contributed by atoms with van der Waals surface area (Å²) in [5.41, 5.74) is 0. The molecular weight excluding hydrogens is 240 g/mol. The Bertz CT molecular complexity index is 336. The van der Waals surface area contributed by atoms with Crippen LogP contribution in [0, 0.1) is 17.2 Å². The molecule has 0 atom stereocenters. The van der Waals surface area contributed by atoms with E-state index < -0.39 is 0 Å². The van der Waals surface area contributed by atoms with Crippen molar-refractivity contribution in [1.29, 1.82) is 5.26 Å². The number of nitriles is 1. The van der Waals surface area contributed by atoms with E-state index in [1.165, 1.54) is 0 Å². The number of amides is 2. The Hall–Kier alpha value is -1.28. The second kappa shape index (κ2) is 6.76. The molecule has 2 fully saturated rings. The number of hydrogen-bond acceptors (Lipinski definition) is 3. The minimum atomic E-state index is 0.102. The maximum Gasteiger partial charge on any atom is 0.317 e. The number of nitrogens with one attached hydrogen (secondary N) is 1. The highest BCUT2D eigenvalue weighted by molar-refractivity contribution is 5.74. The summed E-state index contributed by atoms with van der Waals surface area (Å²) in [4.78, 5) is 16.2. The van der Waals surface area contributed by atoms with Crippen molar-refractivity contribution in [3.05, 3.63) is 0 Å². The molecule has 5 heteroatoms. The molecule has 1 N–H and O–H groups in total. The van der Waals surface area contributed by atoms with Crippen LogP contribution in [0.1, 0.15) is 32.6 Å². The van der Waals surface area contributed by atoms with Gasteiger partial charge in [0.05, 0.1) is 12.6 Å². The Kier molecular flexibility index (Phi) is 5.03. The van der Waals surface area contributed by atoms with Crippen molar-refractivity contribution in [2.24, 2.45) is 5.92 Å². The van der Waals surface area contributed by atoms with Crippen LogP contribution in [0.2, 0.25) is 0 Å². The van der Waals surface area contributed by atoms with Crippen molar-refractivity contribution in [2.45, 2.75) is 38.6 Å². The zero-order valence-electron chi connectivity index (χ0n) is 11.8. The van der Waals surface area contributed by atoms with Gasteiger partial charge in [-0.05, 0) is 31.6 Å². The van der Waals surface area contributed by atoms with Gasteiger partial charge in [-0.1, -0.05) is 6.92 Å². The Labute approximate surface area is 115 Å². The molecular formula is C14H24N4O. The predicted molar refractivity (Wildman–Crippen MR) is 73.6 cm³/mol. The molecule has 2 aliphatic heterocycles. The quantitative estimate of drug-likeness (QED) is 0.767. The van der Waals surface area contributed by atoms with Crippen LogP contribution in [0.5, 0.6) is 0 Å². The van der Waals surface area contributed by atoms with Gasteiger partial charge in [-0.3, -0.25) is 4.90 Å². The SMILES string of the molecule is CC1CCN(C(=O)NC2CCN(CC#N)CC2)CC1. The number of likely N-dealkylation sites (tertiary alicyclic amines) is 2. The minimum absolute atomic E-state index is 0.102. The predicted octanol–water partition coefficient (Wildman–Crippen LogP) is 1.42. The van der Waals surface area contributed by atoms with E-state index >= 15 is 0 Å². The summed E-state index contributed by atoms with van der Waals surface area (Å²) in [5, 5.41) is 11.8. The Morgan fingerprint density at radius 1 is 1.21 bits per heavy atom. The van der Waals surface area contributed by atoms with Gasteiger partial charge in [0.15, 0.2) is 0 Å². The Morgan fingerprint density at radius 2 is 1.84 bits per heavy atom. The number of urea groups is 1. The lowest BCUT2D eigenvalue weighted by molar-refractivity contribution is 0.160. The summed E-state index contributed by atoms with van der Waals surface area (Å²) in [6.45, 7) is 6.36. The van der Waals surface area contributed by atoms with Crippen molar-refractivity contribution in [2.75, 3.05) is 32.7 Å². The third-order valence-corrected chi connectivity index (χ3v) is 4.28. The van der Waals surface area contributed by atoms with Crippen LogP contribution >= 0.6 is 0 Å². The molecule has 0 radical (unpaired) electrons. The molecule has 2 rings (SSSR count). The van der Waals surface area contributed by atoms with Crippen LogP contribution in [-0.2, 0) is 0 Å². The zero-order chi connectivity index (χ0) is 13.7. The van der Waals surface area contributed by atoms with Gasteiger partial charge in [-0.2, -0.15) is 5.26 Å². The molecule has 106 valence electrons. The number of nitrogens with zero attached hydrogens (tertiary/aromatic N) is 3. The van der Waals surface area contributed by atoms with Crippen LogP contribution < -0.4 is 5.32 Å². The molecule has 2 amide bonds. The summed E-state index contributed by atoms with van der Waals surface area (Å²) in [7, 11) is 0. The largest absolute Gasteiger partial charge is 0.335 e. The molecule has 0 unspecified atom stereocenters. The van der Waals surface area contributed by atoms with Crippen molar-refractivity contribution < 1.29 is 4.79 Å². The maximum atomic E-state index is 12.1. The highest BCUT2D eigenvalue weighted by Gasteiger charge is 2.24. The standard InChI is InChI=1S/C14H24N4O/c1-12-2-9-18(10-3-12)14(19)16-13-4-7-17(8-5-13)11-6-15/h12-13H,2-5,7-11H2,1H3,(H,16,19). The molecule has 0 aromatic rings. The van der Waals surface area contributed by atoms with Gasteiger partial charge < -0.3 is 10.2 Å². The van der Waals surface area contributed by atoms with E-state index in [4.69, 9.17) is 5.26 Å². The smallest absolute Gasteiger partial charge is 0.317 e.